The van der Waals surface area contributed by atoms with Crippen LogP contribution in [0.25, 0.3) is 22.2 Å². The number of carbonyl (C=O) groups is 1. The number of halogens is 1. The summed E-state index contributed by atoms with van der Waals surface area (Å²) in [6.07, 6.45) is 1.01. The van der Waals surface area contributed by atoms with Crippen molar-refractivity contribution in [3.8, 4) is 11.3 Å². The van der Waals surface area contributed by atoms with E-state index in [1.165, 1.54) is 10.4 Å². The normalized spacial score (nSPS) is 15.6. The second kappa shape index (κ2) is 7.89. The zero-order valence-corrected chi connectivity index (χ0v) is 18.5. The molecule has 1 saturated heterocycles. The first kappa shape index (κ1) is 20.6. The lowest BCUT2D eigenvalue weighted by atomic mass is 10.1. The molecule has 1 aliphatic heterocycles. The highest BCUT2D eigenvalue weighted by Crippen LogP contribution is 2.31. The number of aromatic nitrogens is 3. The number of ether oxygens (including phenoxy) is 1. The smallest absolute Gasteiger partial charge is 0.435 e. The molecule has 0 atom stereocenters. The van der Waals surface area contributed by atoms with Crippen molar-refractivity contribution in [3.05, 3.63) is 41.7 Å². The summed E-state index contributed by atoms with van der Waals surface area (Å²) in [6.45, 7) is 9.59. The minimum Gasteiger partial charge on any atom is -0.442 e. The number of fused-ring (bicyclic) bond motifs is 1. The van der Waals surface area contributed by atoms with E-state index in [-0.39, 0.29) is 0 Å². The second-order valence-electron chi connectivity index (χ2n) is 8.60. The van der Waals surface area contributed by atoms with Crippen LogP contribution in [0.3, 0.4) is 0 Å². The van der Waals surface area contributed by atoms with Crippen LogP contribution in [-0.4, -0.2) is 64.6 Å². The van der Waals surface area contributed by atoms with Gasteiger partial charge in [0.25, 0.3) is 0 Å². The summed E-state index contributed by atoms with van der Waals surface area (Å²) in [5.74, 6) is 0. The number of benzene rings is 1. The minimum absolute atomic E-state index is 0.349. The largest absolute Gasteiger partial charge is 0.442 e. The Morgan fingerprint density at radius 2 is 1.77 bits per heavy atom. The number of pyridine rings is 1. The van der Waals surface area contributed by atoms with Gasteiger partial charge < -0.3 is 14.5 Å². The van der Waals surface area contributed by atoms with E-state index >= 15 is 0 Å². The summed E-state index contributed by atoms with van der Waals surface area (Å²) in [7, 11) is 2.15. The van der Waals surface area contributed by atoms with Crippen LogP contribution in [0.4, 0.5) is 10.5 Å². The Morgan fingerprint density at radius 3 is 2.40 bits per heavy atom. The molecule has 0 radical (unpaired) electrons. The van der Waals surface area contributed by atoms with E-state index in [0.29, 0.717) is 16.4 Å². The van der Waals surface area contributed by atoms with Crippen LogP contribution in [-0.2, 0) is 4.74 Å². The van der Waals surface area contributed by atoms with Crippen molar-refractivity contribution in [1.29, 1.82) is 0 Å². The average Bonchev–Trinajstić information content (AvgIpc) is 3.06. The maximum Gasteiger partial charge on any atom is 0.435 e. The Balaban J connectivity index is 1.70. The predicted molar refractivity (Wildman–Crippen MR) is 119 cm³/mol. The number of carbonyl (C=O) groups excluding carboxylic acids is 1. The van der Waals surface area contributed by atoms with Crippen molar-refractivity contribution in [1.82, 2.24) is 19.7 Å². The van der Waals surface area contributed by atoms with Crippen LogP contribution in [0, 0.1) is 0 Å². The number of hydrogen-bond acceptors (Lipinski definition) is 6. The van der Waals surface area contributed by atoms with E-state index < -0.39 is 11.7 Å². The molecule has 0 aliphatic carbocycles. The van der Waals surface area contributed by atoms with E-state index in [1.54, 1.807) is 12.3 Å². The molecule has 0 saturated carbocycles. The summed E-state index contributed by atoms with van der Waals surface area (Å²) in [6, 6.07) is 9.99. The molecule has 8 heteroatoms. The molecule has 3 heterocycles. The van der Waals surface area contributed by atoms with E-state index in [2.05, 4.69) is 39.1 Å². The first-order chi connectivity index (χ1) is 14.2. The predicted octanol–water partition coefficient (Wildman–Crippen LogP) is 4.29. The van der Waals surface area contributed by atoms with Gasteiger partial charge in [-0.2, -0.15) is 9.78 Å². The molecule has 0 spiro atoms. The minimum atomic E-state index is -0.625. The first-order valence-corrected chi connectivity index (χ1v) is 10.4. The Bertz CT molecular complexity index is 1060. The fraction of sp³-hybridized carbons (Fsp3) is 0.409. The number of rotatable bonds is 2. The van der Waals surface area contributed by atoms with Crippen LogP contribution < -0.4 is 4.90 Å². The highest BCUT2D eigenvalue weighted by molar-refractivity contribution is 6.30. The van der Waals surface area contributed by atoms with Gasteiger partial charge in [-0.15, -0.1) is 0 Å². The molecule has 30 heavy (non-hydrogen) atoms. The van der Waals surface area contributed by atoms with E-state index in [0.717, 1.165) is 37.1 Å². The summed E-state index contributed by atoms with van der Waals surface area (Å²) in [5, 5.41) is 5.67. The number of hydrogen-bond donors (Lipinski definition) is 0. The lowest BCUT2D eigenvalue weighted by Gasteiger charge is -2.34. The molecule has 1 aromatic carbocycles. The maximum atomic E-state index is 12.7. The van der Waals surface area contributed by atoms with Gasteiger partial charge in [0.15, 0.2) is 0 Å². The summed E-state index contributed by atoms with van der Waals surface area (Å²) < 4.78 is 6.77. The molecule has 0 unspecified atom stereocenters. The second-order valence-corrected chi connectivity index (χ2v) is 8.99. The molecule has 1 aliphatic rings. The number of anilines is 1. The Labute approximate surface area is 181 Å². The van der Waals surface area contributed by atoms with Crippen LogP contribution in [0.5, 0.6) is 0 Å². The third-order valence-electron chi connectivity index (χ3n) is 5.11. The van der Waals surface area contributed by atoms with Crippen LogP contribution >= 0.6 is 11.6 Å². The number of likely N-dealkylation sites (N-methyl/N-ethyl adjacent to an activating group) is 1. The van der Waals surface area contributed by atoms with Gasteiger partial charge in [-0.1, -0.05) is 23.7 Å². The van der Waals surface area contributed by atoms with Crippen molar-refractivity contribution >= 4 is 34.3 Å². The SMILES string of the molecule is CN1CCN(c2ccc(-c3nn(C(=O)OC(C)(C)C)c4cnc(Cl)cc34)cc2)CC1. The number of piperazine rings is 1. The molecule has 0 amide bonds. The number of nitrogens with zero attached hydrogens (tertiary/aromatic N) is 5. The van der Waals surface area contributed by atoms with Gasteiger partial charge in [0, 0.05) is 42.8 Å². The van der Waals surface area contributed by atoms with Crippen LogP contribution in [0.2, 0.25) is 5.15 Å². The van der Waals surface area contributed by atoms with E-state index in [9.17, 15) is 4.79 Å². The Hall–Kier alpha value is -2.64. The molecule has 158 valence electrons. The summed E-state index contributed by atoms with van der Waals surface area (Å²) in [4.78, 5) is 21.5. The van der Waals surface area contributed by atoms with Gasteiger partial charge in [-0.3, -0.25) is 0 Å². The molecule has 0 N–H and O–H groups in total. The highest BCUT2D eigenvalue weighted by Gasteiger charge is 2.23. The summed E-state index contributed by atoms with van der Waals surface area (Å²) in [5.41, 5.74) is 2.70. The van der Waals surface area contributed by atoms with Gasteiger partial charge in [0.2, 0.25) is 0 Å². The van der Waals surface area contributed by atoms with E-state index in [4.69, 9.17) is 16.3 Å². The van der Waals surface area contributed by atoms with Crippen LogP contribution in [0.1, 0.15) is 20.8 Å². The average molecular weight is 428 g/mol. The molecule has 7 nitrogen and oxygen atoms in total. The first-order valence-electron chi connectivity index (χ1n) is 10.0. The van der Waals surface area contributed by atoms with Crippen molar-refractivity contribution in [3.63, 3.8) is 0 Å². The summed E-state index contributed by atoms with van der Waals surface area (Å²) >= 11 is 6.14. The lowest BCUT2D eigenvalue weighted by molar-refractivity contribution is 0.0523. The van der Waals surface area contributed by atoms with Gasteiger partial charge in [-0.05, 0) is 46.0 Å². The third-order valence-corrected chi connectivity index (χ3v) is 5.32. The van der Waals surface area contributed by atoms with Gasteiger partial charge >= 0.3 is 6.09 Å². The molecule has 1 fully saturated rings. The van der Waals surface area contributed by atoms with Crippen molar-refractivity contribution in [2.75, 3.05) is 38.1 Å². The van der Waals surface area contributed by atoms with Gasteiger partial charge in [-0.25, -0.2) is 9.78 Å². The molecule has 3 aromatic rings. The van der Waals surface area contributed by atoms with Crippen molar-refractivity contribution in [2.45, 2.75) is 26.4 Å². The van der Waals surface area contributed by atoms with Gasteiger partial charge in [0.05, 0.1) is 11.7 Å². The van der Waals surface area contributed by atoms with E-state index in [1.807, 2.05) is 32.9 Å². The van der Waals surface area contributed by atoms with Gasteiger partial charge in [0.1, 0.15) is 16.4 Å². The monoisotopic (exact) mass is 427 g/mol. The van der Waals surface area contributed by atoms with Crippen LogP contribution in [0.15, 0.2) is 36.5 Å². The van der Waals surface area contributed by atoms with Crippen molar-refractivity contribution < 1.29 is 9.53 Å². The Kier molecular flexibility index (Phi) is 5.42. The quantitative estimate of drug-likeness (QED) is 0.568. The molecule has 2 aromatic heterocycles. The fourth-order valence-electron chi connectivity index (χ4n) is 3.54. The zero-order chi connectivity index (χ0) is 21.5. The molecular formula is C22H26ClN5O2. The Morgan fingerprint density at radius 1 is 1.10 bits per heavy atom. The standard InChI is InChI=1S/C22H26ClN5O2/c1-22(2,3)30-21(29)28-18-14-24-19(23)13-17(18)20(25-28)15-5-7-16(8-6-15)27-11-9-26(4)10-12-27/h5-8,13-14H,9-12H2,1-4H3. The molecular weight excluding hydrogens is 402 g/mol. The topological polar surface area (TPSA) is 63.5 Å². The molecule has 0 bridgehead atoms. The highest BCUT2D eigenvalue weighted by atomic mass is 35.5. The zero-order valence-electron chi connectivity index (χ0n) is 17.7. The van der Waals surface area contributed by atoms with Crippen molar-refractivity contribution in [2.24, 2.45) is 0 Å². The third kappa shape index (κ3) is 4.27. The fourth-order valence-corrected chi connectivity index (χ4v) is 3.70. The maximum absolute atomic E-state index is 12.7. The lowest BCUT2D eigenvalue weighted by Crippen LogP contribution is -2.44. The molecule has 4 rings (SSSR count).